The molecule has 0 aliphatic rings. The van der Waals surface area contributed by atoms with Crippen LogP contribution in [0.25, 0.3) is 0 Å². The number of amides is 2. The summed E-state index contributed by atoms with van der Waals surface area (Å²) in [6, 6.07) is 10.5. The van der Waals surface area contributed by atoms with Gasteiger partial charge in [-0.15, -0.1) is 0 Å². The van der Waals surface area contributed by atoms with Crippen molar-refractivity contribution in [2.75, 3.05) is 25.5 Å². The third-order valence-corrected chi connectivity index (χ3v) is 4.08. The van der Waals surface area contributed by atoms with Crippen molar-refractivity contribution in [2.24, 2.45) is 0 Å². The fourth-order valence-corrected chi connectivity index (χ4v) is 2.57. The first-order valence-corrected chi connectivity index (χ1v) is 8.39. The van der Waals surface area contributed by atoms with Gasteiger partial charge >= 0.3 is 5.69 Å². The van der Waals surface area contributed by atoms with Gasteiger partial charge in [-0.2, -0.15) is 0 Å². The third-order valence-electron chi connectivity index (χ3n) is 3.45. The molecule has 142 valence electrons. The van der Waals surface area contributed by atoms with E-state index in [1.165, 1.54) is 25.2 Å². The zero-order valence-corrected chi connectivity index (χ0v) is 15.7. The van der Waals surface area contributed by atoms with Crippen molar-refractivity contribution in [2.45, 2.75) is 0 Å². The molecule has 0 atom stereocenters. The number of benzene rings is 2. The molecule has 0 saturated carbocycles. The molecule has 0 fully saturated rings. The van der Waals surface area contributed by atoms with Crippen LogP contribution >= 0.6 is 23.2 Å². The van der Waals surface area contributed by atoms with Gasteiger partial charge in [-0.1, -0.05) is 41.4 Å². The Morgan fingerprint density at radius 1 is 1.15 bits per heavy atom. The number of likely N-dealkylation sites (N-methyl/N-ethyl adjacent to an activating group) is 1. The number of nitro groups is 1. The van der Waals surface area contributed by atoms with Crippen molar-refractivity contribution in [3.63, 3.8) is 0 Å². The van der Waals surface area contributed by atoms with Crippen molar-refractivity contribution >= 4 is 46.4 Å². The first kappa shape index (κ1) is 20.5. The second kappa shape index (κ2) is 9.20. The summed E-state index contributed by atoms with van der Waals surface area (Å²) in [6.45, 7) is -0.734. The zero-order valence-electron chi connectivity index (χ0n) is 14.1. The summed E-state index contributed by atoms with van der Waals surface area (Å²) in [5.41, 5.74) is 0.00176. The van der Waals surface area contributed by atoms with Crippen molar-refractivity contribution < 1.29 is 19.2 Å². The van der Waals surface area contributed by atoms with E-state index in [1.54, 1.807) is 24.3 Å². The number of rotatable bonds is 7. The van der Waals surface area contributed by atoms with E-state index >= 15 is 0 Å². The van der Waals surface area contributed by atoms with Gasteiger partial charge in [0.15, 0.2) is 12.4 Å². The standard InChI is InChI=1S/C17H15Cl2N3O5/c1-21(9-15(23)20-17-11(18)5-4-6-12(17)19)16(24)10-27-14-8-3-2-7-13(14)22(25)26/h2-8H,9-10H2,1H3,(H,20,23). The van der Waals surface area contributed by atoms with Crippen LogP contribution in [0.15, 0.2) is 42.5 Å². The Bertz CT molecular complexity index is 855. The number of nitrogens with one attached hydrogen (secondary N) is 1. The second-order valence-electron chi connectivity index (χ2n) is 5.41. The molecule has 0 bridgehead atoms. The average Bonchev–Trinajstić information content (AvgIpc) is 2.63. The number of nitro benzene ring substituents is 1. The van der Waals surface area contributed by atoms with Gasteiger partial charge in [0.2, 0.25) is 5.91 Å². The van der Waals surface area contributed by atoms with Crippen LogP contribution in [0.3, 0.4) is 0 Å². The Labute approximate surface area is 164 Å². The highest BCUT2D eigenvalue weighted by atomic mass is 35.5. The maximum Gasteiger partial charge on any atom is 0.310 e. The molecule has 0 aliphatic carbocycles. The maximum absolute atomic E-state index is 12.1. The Morgan fingerprint density at radius 3 is 2.41 bits per heavy atom. The molecule has 2 rings (SSSR count). The molecule has 2 aromatic carbocycles. The molecular formula is C17H15Cl2N3O5. The van der Waals surface area contributed by atoms with Crippen LogP contribution < -0.4 is 10.1 Å². The molecule has 1 N–H and O–H groups in total. The predicted octanol–water partition coefficient (Wildman–Crippen LogP) is 3.38. The fraction of sp³-hybridized carbons (Fsp3) is 0.176. The lowest BCUT2D eigenvalue weighted by atomic mass is 10.3. The van der Waals surface area contributed by atoms with Gasteiger partial charge in [0.05, 0.1) is 27.2 Å². The molecule has 2 amide bonds. The van der Waals surface area contributed by atoms with E-state index in [-0.39, 0.29) is 33.7 Å². The fourth-order valence-electron chi connectivity index (χ4n) is 2.08. The van der Waals surface area contributed by atoms with Crippen LogP contribution in [0.1, 0.15) is 0 Å². The predicted molar refractivity (Wildman–Crippen MR) is 101 cm³/mol. The first-order chi connectivity index (χ1) is 12.8. The number of ether oxygens (including phenoxy) is 1. The maximum atomic E-state index is 12.1. The largest absolute Gasteiger partial charge is 0.477 e. The molecule has 8 nitrogen and oxygen atoms in total. The minimum absolute atomic E-state index is 0.0310. The van der Waals surface area contributed by atoms with Gasteiger partial charge in [-0.3, -0.25) is 19.7 Å². The number of hydrogen-bond donors (Lipinski definition) is 1. The lowest BCUT2D eigenvalue weighted by Crippen LogP contribution is -2.37. The average molecular weight is 412 g/mol. The van der Waals surface area contributed by atoms with Gasteiger partial charge in [0.25, 0.3) is 5.91 Å². The highest BCUT2D eigenvalue weighted by Gasteiger charge is 2.18. The molecule has 0 saturated heterocycles. The van der Waals surface area contributed by atoms with Gasteiger partial charge < -0.3 is 15.0 Å². The van der Waals surface area contributed by atoms with Crippen LogP contribution in [-0.4, -0.2) is 41.8 Å². The highest BCUT2D eigenvalue weighted by Crippen LogP contribution is 2.29. The molecule has 2 aromatic rings. The summed E-state index contributed by atoms with van der Waals surface area (Å²) in [5, 5.41) is 14.0. The highest BCUT2D eigenvalue weighted by molar-refractivity contribution is 6.39. The lowest BCUT2D eigenvalue weighted by molar-refractivity contribution is -0.385. The van der Waals surface area contributed by atoms with E-state index in [2.05, 4.69) is 5.32 Å². The SMILES string of the molecule is CN(CC(=O)Nc1c(Cl)cccc1Cl)C(=O)COc1ccccc1[N+](=O)[O-]. The van der Waals surface area contributed by atoms with Crippen LogP contribution in [0, 0.1) is 10.1 Å². The van der Waals surface area contributed by atoms with Crippen LogP contribution in [0.4, 0.5) is 11.4 Å². The minimum Gasteiger partial charge on any atom is -0.477 e. The number of carbonyl (C=O) groups excluding carboxylic acids is 2. The van der Waals surface area contributed by atoms with E-state index in [4.69, 9.17) is 27.9 Å². The number of carbonyl (C=O) groups is 2. The van der Waals surface area contributed by atoms with E-state index < -0.39 is 23.3 Å². The van der Waals surface area contributed by atoms with Gasteiger partial charge in [0, 0.05) is 13.1 Å². The molecule has 0 unspecified atom stereocenters. The third kappa shape index (κ3) is 5.57. The van der Waals surface area contributed by atoms with Crippen molar-refractivity contribution in [1.29, 1.82) is 0 Å². The molecule has 0 aliphatic heterocycles. The number of hydrogen-bond acceptors (Lipinski definition) is 5. The Morgan fingerprint density at radius 2 is 1.78 bits per heavy atom. The monoisotopic (exact) mass is 411 g/mol. The quantitative estimate of drug-likeness (QED) is 0.555. The van der Waals surface area contributed by atoms with Crippen LogP contribution in [-0.2, 0) is 9.59 Å². The lowest BCUT2D eigenvalue weighted by Gasteiger charge is -2.17. The molecule has 0 radical (unpaired) electrons. The summed E-state index contributed by atoms with van der Waals surface area (Å²) in [4.78, 5) is 35.7. The molecule has 0 aromatic heterocycles. The molecular weight excluding hydrogens is 397 g/mol. The zero-order chi connectivity index (χ0) is 20.0. The van der Waals surface area contributed by atoms with E-state index in [1.807, 2.05) is 0 Å². The molecule has 0 spiro atoms. The Hall–Kier alpha value is -2.84. The summed E-state index contributed by atoms with van der Waals surface area (Å²) in [5.74, 6) is -1.07. The van der Waals surface area contributed by atoms with Crippen LogP contribution in [0.5, 0.6) is 5.75 Å². The van der Waals surface area contributed by atoms with Gasteiger partial charge in [-0.05, 0) is 18.2 Å². The van der Waals surface area contributed by atoms with Gasteiger partial charge in [0.1, 0.15) is 0 Å². The summed E-state index contributed by atoms with van der Waals surface area (Å²) < 4.78 is 5.21. The molecule has 27 heavy (non-hydrogen) atoms. The summed E-state index contributed by atoms with van der Waals surface area (Å²) >= 11 is 12.0. The second-order valence-corrected chi connectivity index (χ2v) is 6.22. The number of para-hydroxylation sites is 3. The normalized spacial score (nSPS) is 10.2. The molecule has 0 heterocycles. The summed E-state index contributed by atoms with van der Waals surface area (Å²) in [6.07, 6.45) is 0. The van der Waals surface area contributed by atoms with Crippen molar-refractivity contribution in [3.8, 4) is 5.75 Å². The van der Waals surface area contributed by atoms with E-state index in [0.717, 1.165) is 4.90 Å². The number of anilines is 1. The Kier molecular flexibility index (Phi) is 6.98. The van der Waals surface area contributed by atoms with Crippen LogP contribution in [0.2, 0.25) is 10.0 Å². The van der Waals surface area contributed by atoms with Crippen molar-refractivity contribution in [1.82, 2.24) is 4.90 Å². The minimum atomic E-state index is -0.607. The topological polar surface area (TPSA) is 102 Å². The van der Waals surface area contributed by atoms with Gasteiger partial charge in [-0.25, -0.2) is 0 Å². The number of halogens is 2. The number of nitrogens with zero attached hydrogens (tertiary/aromatic N) is 2. The van der Waals surface area contributed by atoms with E-state index in [0.29, 0.717) is 0 Å². The van der Waals surface area contributed by atoms with E-state index in [9.17, 15) is 19.7 Å². The molecule has 10 heteroatoms. The summed E-state index contributed by atoms with van der Waals surface area (Å²) in [7, 11) is 1.40. The Balaban J connectivity index is 1.92. The van der Waals surface area contributed by atoms with Crippen molar-refractivity contribution in [3.05, 3.63) is 62.6 Å². The smallest absolute Gasteiger partial charge is 0.310 e. The first-order valence-electron chi connectivity index (χ1n) is 7.63.